The lowest BCUT2D eigenvalue weighted by Crippen LogP contribution is -2.33. The zero-order valence-electron chi connectivity index (χ0n) is 16.4. The smallest absolute Gasteiger partial charge is 0.410 e. The van der Waals surface area contributed by atoms with E-state index in [9.17, 15) is 13.6 Å². The van der Waals surface area contributed by atoms with E-state index in [1.807, 2.05) is 6.92 Å². The van der Waals surface area contributed by atoms with E-state index in [-0.39, 0.29) is 17.8 Å². The highest BCUT2D eigenvalue weighted by Gasteiger charge is 2.21. The number of fused-ring (bicyclic) bond motifs is 1. The maximum atomic E-state index is 14.7. The van der Waals surface area contributed by atoms with E-state index < -0.39 is 23.3 Å². The third kappa shape index (κ3) is 4.11. The van der Waals surface area contributed by atoms with Crippen LogP contribution in [0.1, 0.15) is 32.0 Å². The minimum atomic E-state index is -0.749. The number of hydrogen-bond acceptors (Lipinski definition) is 4. The number of aromatic nitrogens is 3. The zero-order chi connectivity index (χ0) is 20.6. The van der Waals surface area contributed by atoms with Crippen molar-refractivity contribution in [3.8, 4) is 11.3 Å². The number of nitrogens with one attached hydrogen (secondary N) is 1. The molecule has 0 aliphatic heterocycles. The highest BCUT2D eigenvalue weighted by Crippen LogP contribution is 2.29. The summed E-state index contributed by atoms with van der Waals surface area (Å²) in [5, 5.41) is 7.62. The van der Waals surface area contributed by atoms with Crippen LogP contribution in [0.25, 0.3) is 22.2 Å². The van der Waals surface area contributed by atoms with E-state index in [4.69, 9.17) is 4.74 Å². The summed E-state index contributed by atoms with van der Waals surface area (Å²) in [6, 6.07) is 4.00. The first-order valence-corrected chi connectivity index (χ1v) is 8.78. The van der Waals surface area contributed by atoms with Crippen LogP contribution in [-0.2, 0) is 11.3 Å². The standard InChI is InChI=1S/C20H22F2N4O2/c1-11-13-8-16(23-9-17(13)25-24-11)18-14(21)6-12(7-15(18)22)10-26(5)19(27)28-20(2,3)4/h6-9H,10H2,1-5H3,(H,24,25). The first kappa shape index (κ1) is 19.7. The first-order valence-electron chi connectivity index (χ1n) is 8.78. The van der Waals surface area contributed by atoms with Crippen LogP contribution in [0.2, 0.25) is 0 Å². The van der Waals surface area contributed by atoms with Crippen molar-refractivity contribution in [3.05, 3.63) is 47.3 Å². The lowest BCUT2D eigenvalue weighted by Gasteiger charge is -2.24. The highest BCUT2D eigenvalue weighted by molar-refractivity contribution is 5.84. The van der Waals surface area contributed by atoms with Gasteiger partial charge in [0.2, 0.25) is 0 Å². The van der Waals surface area contributed by atoms with Crippen molar-refractivity contribution < 1.29 is 18.3 Å². The molecule has 0 spiro atoms. The molecule has 2 heterocycles. The van der Waals surface area contributed by atoms with Gasteiger partial charge in [-0.3, -0.25) is 10.1 Å². The second kappa shape index (κ2) is 7.18. The van der Waals surface area contributed by atoms with Crippen molar-refractivity contribution in [1.29, 1.82) is 0 Å². The molecular weight excluding hydrogens is 366 g/mol. The summed E-state index contributed by atoms with van der Waals surface area (Å²) < 4.78 is 34.7. The van der Waals surface area contributed by atoms with Gasteiger partial charge < -0.3 is 9.64 Å². The monoisotopic (exact) mass is 388 g/mol. The van der Waals surface area contributed by atoms with E-state index in [0.717, 1.165) is 11.1 Å². The van der Waals surface area contributed by atoms with Gasteiger partial charge in [-0.1, -0.05) is 0 Å². The molecule has 0 unspecified atom stereocenters. The number of benzene rings is 1. The van der Waals surface area contributed by atoms with Gasteiger partial charge in [0.05, 0.1) is 17.5 Å². The van der Waals surface area contributed by atoms with E-state index >= 15 is 0 Å². The Morgan fingerprint density at radius 1 is 1.21 bits per heavy atom. The molecule has 0 radical (unpaired) electrons. The Balaban J connectivity index is 1.88. The Morgan fingerprint density at radius 3 is 2.46 bits per heavy atom. The Hall–Kier alpha value is -3.03. The van der Waals surface area contributed by atoms with Crippen LogP contribution >= 0.6 is 0 Å². The maximum Gasteiger partial charge on any atom is 0.410 e. The molecule has 0 bridgehead atoms. The summed E-state index contributed by atoms with van der Waals surface area (Å²) >= 11 is 0. The van der Waals surface area contributed by atoms with Crippen molar-refractivity contribution in [1.82, 2.24) is 20.1 Å². The number of pyridine rings is 1. The van der Waals surface area contributed by atoms with Gasteiger partial charge in [0.15, 0.2) is 0 Å². The van der Waals surface area contributed by atoms with Crippen molar-refractivity contribution in [2.24, 2.45) is 0 Å². The summed E-state index contributed by atoms with van der Waals surface area (Å²) in [4.78, 5) is 17.4. The number of ether oxygens (including phenoxy) is 1. The van der Waals surface area contributed by atoms with Crippen molar-refractivity contribution in [2.75, 3.05) is 7.05 Å². The number of H-pyrrole nitrogens is 1. The Morgan fingerprint density at radius 2 is 1.86 bits per heavy atom. The number of carbonyl (C=O) groups is 1. The van der Waals surface area contributed by atoms with Crippen molar-refractivity contribution in [3.63, 3.8) is 0 Å². The summed E-state index contributed by atoms with van der Waals surface area (Å²) in [5.74, 6) is -1.50. The molecule has 1 amide bonds. The molecular formula is C20H22F2N4O2. The number of nitrogens with zero attached hydrogens (tertiary/aromatic N) is 3. The van der Waals surface area contributed by atoms with Crippen molar-refractivity contribution >= 4 is 17.0 Å². The van der Waals surface area contributed by atoms with E-state index in [1.165, 1.54) is 30.3 Å². The van der Waals surface area contributed by atoms with E-state index in [1.54, 1.807) is 26.8 Å². The minimum Gasteiger partial charge on any atom is -0.444 e. The number of rotatable bonds is 3. The molecule has 1 aromatic carbocycles. The number of amides is 1. The van der Waals surface area contributed by atoms with Gasteiger partial charge in [-0.2, -0.15) is 5.10 Å². The third-order valence-electron chi connectivity index (χ3n) is 4.11. The predicted octanol–water partition coefficient (Wildman–Crippen LogP) is 4.58. The van der Waals surface area contributed by atoms with Gasteiger partial charge in [-0.05, 0) is 51.5 Å². The second-order valence-electron chi connectivity index (χ2n) is 7.71. The van der Waals surface area contributed by atoms with Crippen LogP contribution in [0.5, 0.6) is 0 Å². The third-order valence-corrected chi connectivity index (χ3v) is 4.11. The number of carbonyl (C=O) groups excluding carboxylic acids is 1. The maximum absolute atomic E-state index is 14.7. The summed E-state index contributed by atoms with van der Waals surface area (Å²) in [7, 11) is 1.51. The SMILES string of the molecule is Cc1[nH]nc2cnc(-c3c(F)cc(CN(C)C(=O)OC(C)(C)C)cc3F)cc12. The minimum absolute atomic E-state index is 0.0103. The van der Waals surface area contributed by atoms with E-state index in [2.05, 4.69) is 15.2 Å². The molecule has 1 N–H and O–H groups in total. The fraction of sp³-hybridized carbons (Fsp3) is 0.350. The number of hydrogen-bond donors (Lipinski definition) is 1. The van der Waals surface area contributed by atoms with Crippen LogP contribution in [0.4, 0.5) is 13.6 Å². The fourth-order valence-electron chi connectivity index (χ4n) is 2.82. The Kier molecular flexibility index (Phi) is 5.06. The fourth-order valence-corrected chi connectivity index (χ4v) is 2.82. The first-order chi connectivity index (χ1) is 13.0. The predicted molar refractivity (Wildman–Crippen MR) is 102 cm³/mol. The van der Waals surface area contributed by atoms with Gasteiger partial charge >= 0.3 is 6.09 Å². The van der Waals surface area contributed by atoms with Gasteiger partial charge in [0.1, 0.15) is 22.8 Å². The topological polar surface area (TPSA) is 71.1 Å². The van der Waals surface area contributed by atoms with Crippen LogP contribution in [0.15, 0.2) is 24.4 Å². The van der Waals surface area contributed by atoms with Crippen LogP contribution in [-0.4, -0.2) is 38.8 Å². The lowest BCUT2D eigenvalue weighted by atomic mass is 10.0. The number of aryl methyl sites for hydroxylation is 1. The molecule has 0 saturated heterocycles. The zero-order valence-corrected chi connectivity index (χ0v) is 16.4. The lowest BCUT2D eigenvalue weighted by molar-refractivity contribution is 0.0284. The van der Waals surface area contributed by atoms with Crippen molar-refractivity contribution in [2.45, 2.75) is 39.8 Å². The normalized spacial score (nSPS) is 11.7. The molecule has 148 valence electrons. The van der Waals surface area contributed by atoms with Crippen LogP contribution in [0, 0.1) is 18.6 Å². The summed E-state index contributed by atoms with van der Waals surface area (Å²) in [5.41, 5.74) is 1.03. The Bertz CT molecular complexity index is 1020. The molecule has 0 aliphatic rings. The molecule has 3 aromatic rings. The molecule has 2 aromatic heterocycles. The van der Waals surface area contributed by atoms with Crippen LogP contribution < -0.4 is 0 Å². The van der Waals surface area contributed by atoms with E-state index in [0.29, 0.717) is 11.1 Å². The van der Waals surface area contributed by atoms with Gasteiger partial charge in [0.25, 0.3) is 0 Å². The quantitative estimate of drug-likeness (QED) is 0.713. The highest BCUT2D eigenvalue weighted by atomic mass is 19.1. The summed E-state index contributed by atoms with van der Waals surface area (Å²) in [6.45, 7) is 7.08. The molecule has 0 atom stereocenters. The molecule has 28 heavy (non-hydrogen) atoms. The van der Waals surface area contributed by atoms with Gasteiger partial charge in [0, 0.05) is 24.7 Å². The molecule has 3 rings (SSSR count). The second-order valence-corrected chi connectivity index (χ2v) is 7.71. The molecule has 0 saturated carbocycles. The number of halogens is 2. The molecule has 6 nitrogen and oxygen atoms in total. The molecule has 0 aliphatic carbocycles. The molecule has 8 heteroatoms. The average molecular weight is 388 g/mol. The average Bonchev–Trinajstić information content (AvgIpc) is 2.93. The van der Waals surface area contributed by atoms with Gasteiger partial charge in [-0.15, -0.1) is 0 Å². The van der Waals surface area contributed by atoms with Gasteiger partial charge in [-0.25, -0.2) is 13.6 Å². The largest absolute Gasteiger partial charge is 0.444 e. The molecule has 0 fully saturated rings. The van der Waals surface area contributed by atoms with Crippen LogP contribution in [0.3, 0.4) is 0 Å². The summed E-state index contributed by atoms with van der Waals surface area (Å²) in [6.07, 6.45) is 0.900. The number of aromatic amines is 1. The Labute approximate surface area is 161 Å².